The van der Waals surface area contributed by atoms with Crippen LogP contribution in [0.3, 0.4) is 0 Å². The van der Waals surface area contributed by atoms with E-state index in [-0.39, 0.29) is 17.2 Å². The van der Waals surface area contributed by atoms with Crippen LogP contribution in [0, 0.1) is 0 Å². The lowest BCUT2D eigenvalue weighted by molar-refractivity contribution is -0.130. The average Bonchev–Trinajstić information content (AvgIpc) is 2.97. The lowest BCUT2D eigenvalue weighted by atomic mass is 10.3. The molecule has 1 atom stereocenters. The number of amides is 3. The molecule has 1 heterocycles. The number of hydrogen-bond acceptors (Lipinski definition) is 3. The minimum Gasteiger partial charge on any atom is -0.340 e. The van der Waals surface area contributed by atoms with Crippen LogP contribution in [0.1, 0.15) is 13.3 Å². The molecule has 3 rings (SSSR count). The smallest absolute Gasteiger partial charge is 0.321 e. The quantitative estimate of drug-likeness (QED) is 0.646. The molecule has 1 aliphatic rings. The number of thioether (sulfide) groups is 1. The van der Waals surface area contributed by atoms with Crippen molar-refractivity contribution in [3.05, 3.63) is 58.6 Å². The Bertz CT molecular complexity index is 846. The molecule has 0 bridgehead atoms. The Balaban J connectivity index is 1.52. The fourth-order valence-corrected chi connectivity index (χ4v) is 4.30. The number of benzene rings is 2. The average molecular weight is 452 g/mol. The van der Waals surface area contributed by atoms with Gasteiger partial charge in [0.2, 0.25) is 5.91 Å². The van der Waals surface area contributed by atoms with Gasteiger partial charge in [-0.25, -0.2) is 4.79 Å². The number of carbonyl (C=O) groups excluding carboxylic acids is 2. The summed E-state index contributed by atoms with van der Waals surface area (Å²) in [5.41, 5.74) is 0.699. The predicted octanol–water partition coefficient (Wildman–Crippen LogP) is 5.24. The molecule has 8 heteroatoms. The summed E-state index contributed by atoms with van der Waals surface area (Å²) in [4.78, 5) is 30.0. The second kappa shape index (κ2) is 10.2. The molecule has 3 amide bonds. The normalized spacial score (nSPS) is 15.6. The molecule has 2 aromatic rings. The Morgan fingerprint density at radius 1 is 0.897 bits per heavy atom. The van der Waals surface area contributed by atoms with Crippen molar-refractivity contribution >= 4 is 52.6 Å². The van der Waals surface area contributed by atoms with Gasteiger partial charge in [-0.15, -0.1) is 11.8 Å². The van der Waals surface area contributed by atoms with Gasteiger partial charge in [-0.05, 0) is 61.9 Å². The summed E-state index contributed by atoms with van der Waals surface area (Å²) in [7, 11) is 0. The van der Waals surface area contributed by atoms with Crippen molar-refractivity contribution in [1.82, 2.24) is 9.80 Å². The predicted molar refractivity (Wildman–Crippen MR) is 120 cm³/mol. The number of rotatable bonds is 4. The molecule has 0 saturated carbocycles. The fraction of sp³-hybridized carbons (Fsp3) is 0.333. The maximum absolute atomic E-state index is 12.9. The molecule has 0 aliphatic carbocycles. The summed E-state index contributed by atoms with van der Waals surface area (Å²) < 4.78 is 0. The zero-order valence-corrected chi connectivity index (χ0v) is 18.4. The number of urea groups is 1. The number of nitrogens with one attached hydrogen (secondary N) is 1. The molecule has 0 radical (unpaired) electrons. The standard InChI is InChI=1S/C21H23Cl2N3O2S/c1-15(29-19-9-5-17(23)6-10-19)20(27)25-11-2-12-26(14-13-25)21(28)24-18-7-3-16(22)4-8-18/h3-10,15H,2,11-14H2,1H3,(H,24,28). The van der Waals surface area contributed by atoms with Gasteiger partial charge in [0.1, 0.15) is 0 Å². The molecule has 1 aliphatic heterocycles. The van der Waals surface area contributed by atoms with Crippen LogP contribution in [0.5, 0.6) is 0 Å². The fourth-order valence-electron chi connectivity index (χ4n) is 3.10. The van der Waals surface area contributed by atoms with Crippen LogP contribution >= 0.6 is 35.0 Å². The first-order chi connectivity index (χ1) is 13.9. The van der Waals surface area contributed by atoms with Gasteiger partial charge in [0, 0.05) is 46.8 Å². The molecular formula is C21H23Cl2N3O2S. The van der Waals surface area contributed by atoms with E-state index in [1.54, 1.807) is 29.2 Å². The lowest BCUT2D eigenvalue weighted by Crippen LogP contribution is -2.41. The zero-order valence-electron chi connectivity index (χ0n) is 16.1. The molecule has 1 saturated heterocycles. The van der Waals surface area contributed by atoms with Crippen LogP contribution in [0.15, 0.2) is 53.4 Å². The number of halogens is 2. The summed E-state index contributed by atoms with van der Waals surface area (Å²) in [5.74, 6) is 0.0879. The molecule has 1 unspecified atom stereocenters. The van der Waals surface area contributed by atoms with Gasteiger partial charge in [0.05, 0.1) is 5.25 Å². The third kappa shape index (κ3) is 6.29. The van der Waals surface area contributed by atoms with Crippen LogP contribution in [0.4, 0.5) is 10.5 Å². The first-order valence-electron chi connectivity index (χ1n) is 9.45. The first-order valence-corrected chi connectivity index (χ1v) is 11.1. The van der Waals surface area contributed by atoms with Gasteiger partial charge in [0.25, 0.3) is 0 Å². The largest absolute Gasteiger partial charge is 0.340 e. The van der Waals surface area contributed by atoms with Crippen molar-refractivity contribution in [2.75, 3.05) is 31.5 Å². The molecule has 1 fully saturated rings. The SMILES string of the molecule is CC(Sc1ccc(Cl)cc1)C(=O)N1CCCN(C(=O)Nc2ccc(Cl)cc2)CC1. The minimum atomic E-state index is -0.203. The van der Waals surface area contributed by atoms with Crippen LogP contribution in [-0.4, -0.2) is 53.2 Å². The second-order valence-electron chi connectivity index (χ2n) is 6.82. The zero-order chi connectivity index (χ0) is 20.8. The van der Waals surface area contributed by atoms with Gasteiger partial charge in [-0.3, -0.25) is 4.79 Å². The highest BCUT2D eigenvalue weighted by molar-refractivity contribution is 8.00. The molecule has 29 heavy (non-hydrogen) atoms. The van der Waals surface area contributed by atoms with Gasteiger partial charge >= 0.3 is 6.03 Å². The van der Waals surface area contributed by atoms with E-state index < -0.39 is 0 Å². The highest BCUT2D eigenvalue weighted by Crippen LogP contribution is 2.26. The van der Waals surface area contributed by atoms with Crippen LogP contribution in [0.2, 0.25) is 10.0 Å². The summed E-state index contributed by atoms with van der Waals surface area (Å²) in [5, 5.41) is 3.98. The van der Waals surface area contributed by atoms with Gasteiger partial charge in [-0.2, -0.15) is 0 Å². The third-order valence-electron chi connectivity index (χ3n) is 4.66. The van der Waals surface area contributed by atoms with Crippen molar-refractivity contribution in [2.45, 2.75) is 23.5 Å². The lowest BCUT2D eigenvalue weighted by Gasteiger charge is -2.24. The summed E-state index contributed by atoms with van der Waals surface area (Å²) in [6.07, 6.45) is 0.748. The van der Waals surface area contributed by atoms with Crippen LogP contribution < -0.4 is 5.32 Å². The van der Waals surface area contributed by atoms with Crippen molar-refractivity contribution in [2.24, 2.45) is 0 Å². The Morgan fingerprint density at radius 2 is 1.45 bits per heavy atom. The van der Waals surface area contributed by atoms with Gasteiger partial charge in [0.15, 0.2) is 0 Å². The summed E-state index contributed by atoms with van der Waals surface area (Å²) in [6.45, 7) is 4.20. The van der Waals surface area contributed by atoms with Gasteiger partial charge < -0.3 is 15.1 Å². The maximum atomic E-state index is 12.9. The van der Waals surface area contributed by atoms with Crippen LogP contribution in [-0.2, 0) is 4.79 Å². The minimum absolute atomic E-state index is 0.0879. The van der Waals surface area contributed by atoms with Crippen LogP contribution in [0.25, 0.3) is 0 Å². The van der Waals surface area contributed by atoms with E-state index in [2.05, 4.69) is 5.32 Å². The third-order valence-corrected chi connectivity index (χ3v) is 6.27. The summed E-state index contributed by atoms with van der Waals surface area (Å²) >= 11 is 13.3. The number of anilines is 1. The molecule has 154 valence electrons. The van der Waals surface area contributed by atoms with E-state index in [1.807, 2.05) is 36.1 Å². The molecule has 5 nitrogen and oxygen atoms in total. The van der Waals surface area contributed by atoms with E-state index in [4.69, 9.17) is 23.2 Å². The second-order valence-corrected chi connectivity index (χ2v) is 9.10. The van der Waals surface area contributed by atoms with Crippen molar-refractivity contribution < 1.29 is 9.59 Å². The monoisotopic (exact) mass is 451 g/mol. The topological polar surface area (TPSA) is 52.7 Å². The van der Waals surface area contributed by atoms with Crippen molar-refractivity contribution in [3.8, 4) is 0 Å². The molecule has 0 aromatic heterocycles. The number of hydrogen-bond donors (Lipinski definition) is 1. The Morgan fingerprint density at radius 3 is 2.10 bits per heavy atom. The number of nitrogens with zero attached hydrogens (tertiary/aromatic N) is 2. The molecule has 1 N–H and O–H groups in total. The first kappa shape index (κ1) is 21.8. The van der Waals surface area contributed by atoms with E-state index in [9.17, 15) is 9.59 Å². The van der Waals surface area contributed by atoms with Gasteiger partial charge in [-0.1, -0.05) is 23.2 Å². The van der Waals surface area contributed by atoms with E-state index in [0.717, 1.165) is 11.3 Å². The maximum Gasteiger partial charge on any atom is 0.321 e. The molecular weight excluding hydrogens is 429 g/mol. The highest BCUT2D eigenvalue weighted by atomic mass is 35.5. The number of carbonyl (C=O) groups is 2. The van der Waals surface area contributed by atoms with Crippen molar-refractivity contribution in [1.29, 1.82) is 0 Å². The Hall–Kier alpha value is -1.89. The van der Waals surface area contributed by atoms with E-state index in [0.29, 0.717) is 41.9 Å². The molecule has 0 spiro atoms. The van der Waals surface area contributed by atoms with Crippen molar-refractivity contribution in [3.63, 3.8) is 0 Å². The summed E-state index contributed by atoms with van der Waals surface area (Å²) in [6, 6.07) is 14.3. The van der Waals surface area contributed by atoms with E-state index in [1.165, 1.54) is 11.8 Å². The molecule has 2 aromatic carbocycles. The Labute approximate surface area is 185 Å². The van der Waals surface area contributed by atoms with E-state index >= 15 is 0 Å². The Kier molecular flexibility index (Phi) is 7.70. The highest BCUT2D eigenvalue weighted by Gasteiger charge is 2.25.